The van der Waals surface area contributed by atoms with Gasteiger partial charge >= 0.3 is 0 Å². The molecule has 0 amide bonds. The van der Waals surface area contributed by atoms with E-state index in [4.69, 9.17) is 16.3 Å². The third kappa shape index (κ3) is 3.09. The van der Waals surface area contributed by atoms with Crippen LogP contribution in [0.3, 0.4) is 0 Å². The van der Waals surface area contributed by atoms with Crippen molar-refractivity contribution in [1.29, 1.82) is 0 Å². The van der Waals surface area contributed by atoms with E-state index in [-0.39, 0.29) is 50.3 Å². The number of fused-ring (bicyclic) bond motifs is 3. The first-order valence-corrected chi connectivity index (χ1v) is 11.5. The van der Waals surface area contributed by atoms with Crippen LogP contribution in [0.4, 0.5) is 0 Å². The maximum atomic E-state index is 13.7. The van der Waals surface area contributed by atoms with E-state index in [1.54, 1.807) is 26.8 Å². The predicted octanol–water partition coefficient (Wildman–Crippen LogP) is 5.88. The Morgan fingerprint density at radius 2 is 1.44 bits per heavy atom. The maximum Gasteiger partial charge on any atom is 0.201 e. The molecule has 0 heterocycles. The van der Waals surface area contributed by atoms with Crippen LogP contribution in [-0.2, 0) is 5.41 Å². The van der Waals surface area contributed by atoms with Gasteiger partial charge < -0.3 is 30.3 Å². The molecule has 0 radical (unpaired) electrons. The van der Waals surface area contributed by atoms with Crippen LogP contribution in [0.1, 0.15) is 46.5 Å². The fourth-order valence-corrected chi connectivity index (χ4v) is 5.50. The second-order valence-electron chi connectivity index (χ2n) is 9.51. The molecule has 1 aliphatic carbocycles. The Morgan fingerprint density at radius 1 is 0.806 bits per heavy atom. The van der Waals surface area contributed by atoms with Crippen LogP contribution < -0.4 is 4.74 Å². The quantitative estimate of drug-likeness (QED) is 0.230. The summed E-state index contributed by atoms with van der Waals surface area (Å²) in [5, 5.41) is 53.6. The number of methoxy groups -OCH3 is 1. The number of carbonyl (C=O) groups is 1. The largest absolute Gasteiger partial charge is 0.508 e. The SMILES string of the molecule is COc1cc(O)cc(C)c1-c1cc(O)c(Cl)c2cc3c(c(O)c12)C(=O)c1c(O)cc(O)cc1C3(C)C. The Bertz CT molecular complexity index is 1640. The second kappa shape index (κ2) is 7.70. The molecule has 1 aliphatic rings. The van der Waals surface area contributed by atoms with Crippen LogP contribution in [0.15, 0.2) is 36.4 Å². The van der Waals surface area contributed by atoms with Crippen LogP contribution in [0.2, 0.25) is 5.02 Å². The number of phenols is 5. The van der Waals surface area contributed by atoms with Crippen LogP contribution in [0, 0.1) is 6.92 Å². The van der Waals surface area contributed by atoms with Crippen molar-refractivity contribution < 1.29 is 35.1 Å². The predicted molar refractivity (Wildman–Crippen MR) is 136 cm³/mol. The molecule has 7 nitrogen and oxygen atoms in total. The lowest BCUT2D eigenvalue weighted by Crippen LogP contribution is -2.30. The van der Waals surface area contributed by atoms with E-state index in [1.165, 1.54) is 31.4 Å². The number of phenolic OH excluding ortho intramolecular Hbond substituents is 5. The molecule has 5 rings (SSSR count). The Labute approximate surface area is 211 Å². The van der Waals surface area contributed by atoms with Gasteiger partial charge in [-0.05, 0) is 47.9 Å². The molecular weight excluding hydrogens is 484 g/mol. The monoisotopic (exact) mass is 506 g/mol. The van der Waals surface area contributed by atoms with Gasteiger partial charge in [-0.15, -0.1) is 0 Å². The third-order valence-electron chi connectivity index (χ3n) is 6.99. The molecule has 4 aromatic carbocycles. The van der Waals surface area contributed by atoms with E-state index in [2.05, 4.69) is 0 Å². The van der Waals surface area contributed by atoms with E-state index in [0.717, 1.165) is 6.07 Å². The van der Waals surface area contributed by atoms with Gasteiger partial charge in [-0.3, -0.25) is 4.79 Å². The summed E-state index contributed by atoms with van der Waals surface area (Å²) >= 11 is 6.52. The highest BCUT2D eigenvalue weighted by Crippen LogP contribution is 2.54. The summed E-state index contributed by atoms with van der Waals surface area (Å²) in [7, 11) is 1.43. The van der Waals surface area contributed by atoms with E-state index in [0.29, 0.717) is 33.2 Å². The lowest BCUT2D eigenvalue weighted by atomic mass is 9.67. The Balaban J connectivity index is 1.96. The van der Waals surface area contributed by atoms with Crippen molar-refractivity contribution >= 4 is 28.2 Å². The van der Waals surface area contributed by atoms with Crippen LogP contribution >= 0.6 is 11.6 Å². The third-order valence-corrected chi connectivity index (χ3v) is 7.39. The molecule has 184 valence electrons. The number of aryl methyl sites for hydroxylation is 1. The number of ether oxygens (including phenoxy) is 1. The molecule has 0 unspecified atom stereocenters. The minimum Gasteiger partial charge on any atom is -0.508 e. The minimum absolute atomic E-state index is 0.00947. The van der Waals surface area contributed by atoms with Crippen molar-refractivity contribution in [3.8, 4) is 45.6 Å². The summed E-state index contributed by atoms with van der Waals surface area (Å²) in [5.41, 5.74) is 1.28. The first kappa shape index (κ1) is 23.6. The molecule has 5 N–H and O–H groups in total. The summed E-state index contributed by atoms with van der Waals surface area (Å²) in [5.74, 6) is -1.56. The molecule has 0 aliphatic heterocycles. The zero-order chi connectivity index (χ0) is 26.3. The van der Waals surface area contributed by atoms with Crippen LogP contribution in [0.5, 0.6) is 34.5 Å². The molecule has 0 saturated heterocycles. The molecular formula is C28H23ClO7. The summed E-state index contributed by atoms with van der Waals surface area (Å²) in [6.45, 7) is 5.33. The number of rotatable bonds is 2. The molecule has 0 bridgehead atoms. The first-order valence-electron chi connectivity index (χ1n) is 11.1. The van der Waals surface area contributed by atoms with Gasteiger partial charge in [0.25, 0.3) is 0 Å². The number of carbonyl (C=O) groups excluding carboxylic acids is 1. The van der Waals surface area contributed by atoms with Crippen molar-refractivity contribution in [3.63, 3.8) is 0 Å². The average Bonchev–Trinajstić information content (AvgIpc) is 2.79. The van der Waals surface area contributed by atoms with Crippen molar-refractivity contribution in [1.82, 2.24) is 0 Å². The Morgan fingerprint density at radius 3 is 2.11 bits per heavy atom. The zero-order valence-electron chi connectivity index (χ0n) is 19.9. The first-order chi connectivity index (χ1) is 16.9. The smallest absolute Gasteiger partial charge is 0.201 e. The number of hydrogen-bond donors (Lipinski definition) is 5. The van der Waals surface area contributed by atoms with Gasteiger partial charge in [-0.25, -0.2) is 0 Å². The van der Waals surface area contributed by atoms with Gasteiger partial charge in [0.2, 0.25) is 5.78 Å². The number of hydrogen-bond acceptors (Lipinski definition) is 7. The maximum absolute atomic E-state index is 13.7. The summed E-state index contributed by atoms with van der Waals surface area (Å²) in [6.07, 6.45) is 0. The van der Waals surface area contributed by atoms with Crippen molar-refractivity contribution in [2.75, 3.05) is 7.11 Å². The van der Waals surface area contributed by atoms with Crippen molar-refractivity contribution in [3.05, 3.63) is 69.2 Å². The Kier molecular flexibility index (Phi) is 5.05. The molecule has 0 saturated carbocycles. The number of ketones is 1. The summed E-state index contributed by atoms with van der Waals surface area (Å²) in [6, 6.07) is 8.43. The molecule has 0 spiro atoms. The van der Waals surface area contributed by atoms with Gasteiger partial charge in [0.05, 0.1) is 23.3 Å². The molecule has 8 heteroatoms. The van der Waals surface area contributed by atoms with E-state index in [1.807, 2.05) is 0 Å². The summed E-state index contributed by atoms with van der Waals surface area (Å²) < 4.78 is 5.48. The number of benzene rings is 4. The lowest BCUT2D eigenvalue weighted by molar-refractivity contribution is 0.102. The normalized spacial score (nSPS) is 14.0. The van der Waals surface area contributed by atoms with E-state index < -0.39 is 16.9 Å². The average molecular weight is 507 g/mol. The topological polar surface area (TPSA) is 127 Å². The number of aromatic hydroxyl groups is 5. The van der Waals surface area contributed by atoms with Crippen LogP contribution in [-0.4, -0.2) is 38.4 Å². The highest BCUT2D eigenvalue weighted by Gasteiger charge is 2.42. The minimum atomic E-state index is -0.929. The number of halogens is 1. The molecule has 0 aromatic heterocycles. The molecule has 0 atom stereocenters. The Hall–Kier alpha value is -4.10. The standard InChI is InChI=1S/C28H23ClO7/c1-11-5-12(30)8-20(36-4)21(11)14-10-19(33)25(29)15-9-17-24(26(34)22(14)15)27(35)23-16(28(17,2)3)6-13(31)7-18(23)32/h5-10,30-34H,1-4H3. The summed E-state index contributed by atoms with van der Waals surface area (Å²) in [4.78, 5) is 13.7. The highest BCUT2D eigenvalue weighted by molar-refractivity contribution is 6.38. The van der Waals surface area contributed by atoms with Crippen molar-refractivity contribution in [2.45, 2.75) is 26.2 Å². The second-order valence-corrected chi connectivity index (χ2v) is 9.89. The lowest BCUT2D eigenvalue weighted by Gasteiger charge is -2.35. The fourth-order valence-electron chi connectivity index (χ4n) is 5.30. The molecule has 4 aromatic rings. The fraction of sp³-hybridized carbons (Fsp3) is 0.179. The highest BCUT2D eigenvalue weighted by atomic mass is 35.5. The van der Waals surface area contributed by atoms with Gasteiger partial charge in [0.15, 0.2) is 0 Å². The van der Waals surface area contributed by atoms with Crippen LogP contribution in [0.25, 0.3) is 21.9 Å². The van der Waals surface area contributed by atoms with Gasteiger partial charge in [0, 0.05) is 39.4 Å². The van der Waals surface area contributed by atoms with Gasteiger partial charge in [0.1, 0.15) is 34.5 Å². The van der Waals surface area contributed by atoms with Crippen molar-refractivity contribution in [2.24, 2.45) is 0 Å². The van der Waals surface area contributed by atoms with Gasteiger partial charge in [-0.1, -0.05) is 25.4 Å². The zero-order valence-corrected chi connectivity index (χ0v) is 20.7. The molecule has 0 fully saturated rings. The molecule has 36 heavy (non-hydrogen) atoms. The van der Waals surface area contributed by atoms with Gasteiger partial charge in [-0.2, -0.15) is 0 Å². The van der Waals surface area contributed by atoms with E-state index in [9.17, 15) is 30.3 Å². The van der Waals surface area contributed by atoms with E-state index >= 15 is 0 Å².